The second kappa shape index (κ2) is 4.99. The molecule has 0 spiro atoms. The lowest BCUT2D eigenvalue weighted by Crippen LogP contribution is -2.17. The van der Waals surface area contributed by atoms with Crippen molar-refractivity contribution in [2.24, 2.45) is 5.41 Å². The van der Waals surface area contributed by atoms with Crippen LogP contribution in [0.4, 0.5) is 0 Å². The summed E-state index contributed by atoms with van der Waals surface area (Å²) in [5, 5.41) is 0. The van der Waals surface area contributed by atoms with Crippen LogP contribution in [0.5, 0.6) is 0 Å². The molecule has 0 aromatic heterocycles. The second-order valence-electron chi connectivity index (χ2n) is 5.41. The molecule has 0 amide bonds. The van der Waals surface area contributed by atoms with Gasteiger partial charge in [0.2, 0.25) is 0 Å². The predicted octanol–water partition coefficient (Wildman–Crippen LogP) is 4.25. The smallest absolute Gasteiger partial charge is 0.174 e. The lowest BCUT2D eigenvalue weighted by Gasteiger charge is -2.20. The molecule has 0 aliphatic carbocycles. The molecule has 0 bridgehead atoms. The van der Waals surface area contributed by atoms with Crippen molar-refractivity contribution < 1.29 is 4.58 Å². The highest BCUT2D eigenvalue weighted by molar-refractivity contribution is 5.59. The van der Waals surface area contributed by atoms with E-state index in [4.69, 9.17) is 0 Å². The molecule has 2 aliphatic rings. The zero-order chi connectivity index (χ0) is 11.4. The van der Waals surface area contributed by atoms with Crippen LogP contribution in [0.2, 0.25) is 0 Å². The minimum Gasteiger partial charge on any atom is -0.174 e. The summed E-state index contributed by atoms with van der Waals surface area (Å²) in [6.45, 7) is 4.70. The fraction of sp³-hybridized carbons (Fsp3) is 0.667. The lowest BCUT2D eigenvalue weighted by molar-refractivity contribution is -0.395. The van der Waals surface area contributed by atoms with Crippen LogP contribution < -0.4 is 0 Å². The van der Waals surface area contributed by atoms with Gasteiger partial charge in [-0.3, -0.25) is 0 Å². The monoisotopic (exact) mass is 218 g/mol. The van der Waals surface area contributed by atoms with Crippen molar-refractivity contribution in [3.05, 3.63) is 24.0 Å². The fourth-order valence-corrected chi connectivity index (χ4v) is 2.82. The van der Waals surface area contributed by atoms with E-state index in [1.807, 2.05) is 0 Å². The summed E-state index contributed by atoms with van der Waals surface area (Å²) in [6.07, 6.45) is 18.5. The first-order chi connectivity index (χ1) is 7.76. The van der Waals surface area contributed by atoms with Crippen molar-refractivity contribution in [1.82, 2.24) is 0 Å². The van der Waals surface area contributed by atoms with Crippen LogP contribution in [0.25, 0.3) is 0 Å². The van der Waals surface area contributed by atoms with Crippen LogP contribution in [0.1, 0.15) is 58.8 Å². The molecule has 0 saturated heterocycles. The molecule has 1 heteroatoms. The Hall–Kier alpha value is -0.850. The average Bonchev–Trinajstić information content (AvgIpc) is 2.84. The number of rotatable bonds is 6. The van der Waals surface area contributed by atoms with Gasteiger partial charge in [-0.1, -0.05) is 39.0 Å². The lowest BCUT2D eigenvalue weighted by atomic mass is 9.80. The molecule has 0 saturated carbocycles. The summed E-state index contributed by atoms with van der Waals surface area (Å²) in [4.78, 5) is 0. The van der Waals surface area contributed by atoms with Gasteiger partial charge in [-0.15, -0.1) is 0 Å². The normalized spacial score (nSPS) is 26.9. The minimum absolute atomic E-state index is 0.412. The molecule has 16 heavy (non-hydrogen) atoms. The molecule has 1 nitrogen and oxygen atoms in total. The number of hydrogen-bond donors (Lipinski definition) is 0. The van der Waals surface area contributed by atoms with E-state index in [-0.39, 0.29) is 0 Å². The molecule has 1 unspecified atom stereocenters. The molecule has 0 N–H and O–H groups in total. The first-order valence-electron chi connectivity index (χ1n) is 6.77. The zero-order valence-corrected chi connectivity index (χ0v) is 10.7. The molecule has 0 aromatic rings. The summed E-state index contributed by atoms with van der Waals surface area (Å²) >= 11 is 0. The summed E-state index contributed by atoms with van der Waals surface area (Å²) in [7, 11) is 0. The summed E-state index contributed by atoms with van der Waals surface area (Å²) < 4.78 is 2.31. The van der Waals surface area contributed by atoms with Crippen molar-refractivity contribution in [1.29, 1.82) is 0 Å². The van der Waals surface area contributed by atoms with Crippen molar-refractivity contribution in [2.75, 3.05) is 0 Å². The topological polar surface area (TPSA) is 3.01 Å². The van der Waals surface area contributed by atoms with Crippen LogP contribution in [0, 0.1) is 5.41 Å². The van der Waals surface area contributed by atoms with Gasteiger partial charge in [-0.25, -0.2) is 0 Å². The molecule has 1 atom stereocenters. The summed E-state index contributed by atoms with van der Waals surface area (Å²) in [5.74, 6) is 0. The first kappa shape index (κ1) is 11.6. The van der Waals surface area contributed by atoms with Gasteiger partial charge in [0.15, 0.2) is 18.1 Å². The summed E-state index contributed by atoms with van der Waals surface area (Å²) in [6, 6.07) is 0. The molecule has 2 heterocycles. The van der Waals surface area contributed by atoms with Gasteiger partial charge in [-0.05, 0) is 13.3 Å². The van der Waals surface area contributed by atoms with Crippen LogP contribution in [0.15, 0.2) is 24.0 Å². The summed E-state index contributed by atoms with van der Waals surface area (Å²) in [5.41, 5.74) is 1.93. The quantitative estimate of drug-likeness (QED) is 0.463. The van der Waals surface area contributed by atoms with Crippen molar-refractivity contribution in [3.63, 3.8) is 0 Å². The number of unbranched alkanes of at least 4 members (excludes halogenated alkanes) is 4. The van der Waals surface area contributed by atoms with Gasteiger partial charge in [0.05, 0.1) is 5.41 Å². The molecular weight excluding hydrogens is 194 g/mol. The van der Waals surface area contributed by atoms with Crippen molar-refractivity contribution >= 4 is 6.21 Å². The van der Waals surface area contributed by atoms with Crippen LogP contribution in [-0.2, 0) is 0 Å². The van der Waals surface area contributed by atoms with Gasteiger partial charge < -0.3 is 0 Å². The maximum atomic E-state index is 2.42. The molecule has 88 valence electrons. The van der Waals surface area contributed by atoms with E-state index in [0.717, 1.165) is 0 Å². The zero-order valence-electron chi connectivity index (χ0n) is 10.7. The standard InChI is InChI=1S/C15H24N/c1-3-4-5-6-7-10-15(2)11-13-16-12-8-9-14(15)16/h8-9,12-13H,3-7,10-11H2,1-2H3/q+1. The Bertz CT molecular complexity index is 335. The van der Waals surface area contributed by atoms with Crippen LogP contribution in [0.3, 0.4) is 0 Å². The SMILES string of the molecule is CCCCCCCC1(C)CC=[N+]2C=CC=C21. The first-order valence-corrected chi connectivity index (χ1v) is 6.77. The Balaban J connectivity index is 1.78. The van der Waals surface area contributed by atoms with E-state index in [9.17, 15) is 0 Å². The largest absolute Gasteiger partial charge is 0.193 e. The number of fused-ring (bicyclic) bond motifs is 1. The molecule has 2 rings (SSSR count). The molecule has 0 fully saturated rings. The van der Waals surface area contributed by atoms with E-state index in [1.54, 1.807) is 0 Å². The van der Waals surface area contributed by atoms with E-state index >= 15 is 0 Å². The Kier molecular flexibility index (Phi) is 3.63. The highest BCUT2D eigenvalue weighted by Crippen LogP contribution is 2.41. The van der Waals surface area contributed by atoms with Gasteiger partial charge in [0.25, 0.3) is 0 Å². The Morgan fingerprint density at radius 3 is 2.88 bits per heavy atom. The average molecular weight is 218 g/mol. The molecule has 2 aliphatic heterocycles. The molecule has 0 aromatic carbocycles. The van der Waals surface area contributed by atoms with Gasteiger partial charge in [0.1, 0.15) is 0 Å². The van der Waals surface area contributed by atoms with Crippen molar-refractivity contribution in [3.8, 4) is 0 Å². The van der Waals surface area contributed by atoms with Gasteiger partial charge in [0, 0.05) is 18.6 Å². The van der Waals surface area contributed by atoms with Gasteiger partial charge >= 0.3 is 0 Å². The maximum Gasteiger partial charge on any atom is 0.193 e. The molecular formula is C15H24N+. The Morgan fingerprint density at radius 1 is 1.25 bits per heavy atom. The molecule has 0 radical (unpaired) electrons. The minimum atomic E-state index is 0.412. The van der Waals surface area contributed by atoms with Crippen molar-refractivity contribution in [2.45, 2.75) is 58.8 Å². The number of hydrogen-bond acceptors (Lipinski definition) is 0. The Morgan fingerprint density at radius 2 is 2.06 bits per heavy atom. The third-order valence-electron chi connectivity index (χ3n) is 3.97. The maximum absolute atomic E-state index is 2.42. The Labute approximate surface area is 99.6 Å². The van der Waals surface area contributed by atoms with E-state index in [2.05, 4.69) is 43.0 Å². The third-order valence-corrected chi connectivity index (χ3v) is 3.97. The number of allylic oxidation sites excluding steroid dienone is 3. The fourth-order valence-electron chi connectivity index (χ4n) is 2.82. The van der Waals surface area contributed by atoms with Gasteiger partial charge in [-0.2, -0.15) is 4.58 Å². The van der Waals surface area contributed by atoms with Crippen LogP contribution in [-0.4, -0.2) is 10.8 Å². The van der Waals surface area contributed by atoms with E-state index < -0.39 is 0 Å². The third kappa shape index (κ3) is 2.28. The number of nitrogens with zero attached hydrogens (tertiary/aromatic N) is 1. The highest BCUT2D eigenvalue weighted by Gasteiger charge is 2.42. The predicted molar refractivity (Wildman–Crippen MR) is 69.6 cm³/mol. The van der Waals surface area contributed by atoms with E-state index in [0.29, 0.717) is 5.41 Å². The highest BCUT2D eigenvalue weighted by atomic mass is 15.0. The van der Waals surface area contributed by atoms with Crippen LogP contribution >= 0.6 is 0 Å². The van der Waals surface area contributed by atoms with E-state index in [1.165, 1.54) is 50.6 Å². The second-order valence-corrected chi connectivity index (χ2v) is 5.41.